The quantitative estimate of drug-likeness (QED) is 0.850. The summed E-state index contributed by atoms with van der Waals surface area (Å²) in [7, 11) is 0. The van der Waals surface area contributed by atoms with Crippen molar-refractivity contribution in [2.75, 3.05) is 5.32 Å². The highest BCUT2D eigenvalue weighted by Crippen LogP contribution is 2.42. The summed E-state index contributed by atoms with van der Waals surface area (Å²) in [5, 5.41) is 3.40. The number of benzene rings is 1. The molecule has 92 valence electrons. The maximum atomic E-state index is 11.9. The molecule has 3 nitrogen and oxygen atoms in total. The van der Waals surface area contributed by atoms with Gasteiger partial charge < -0.3 is 11.1 Å². The summed E-state index contributed by atoms with van der Waals surface area (Å²) in [6.07, 6.45) is 0.844. The number of halogens is 1. The van der Waals surface area contributed by atoms with E-state index in [9.17, 15) is 4.79 Å². The number of hydrogen-bond donors (Lipinski definition) is 2. The highest BCUT2D eigenvalue weighted by atomic mass is 35.5. The Labute approximate surface area is 106 Å². The first-order valence-corrected chi connectivity index (χ1v) is 6.16. The zero-order valence-corrected chi connectivity index (χ0v) is 11.1. The third-order valence-electron chi connectivity index (χ3n) is 3.46. The van der Waals surface area contributed by atoms with E-state index in [1.165, 1.54) is 0 Å². The Balaban J connectivity index is 2.59. The molecule has 1 unspecified atom stereocenters. The third kappa shape index (κ3) is 1.83. The Morgan fingerprint density at radius 2 is 2.12 bits per heavy atom. The van der Waals surface area contributed by atoms with Crippen LogP contribution < -0.4 is 11.1 Å². The summed E-state index contributed by atoms with van der Waals surface area (Å²) in [6, 6.07) is 3.80. The first kappa shape index (κ1) is 12.4. The second kappa shape index (κ2) is 4.00. The first-order chi connectivity index (χ1) is 7.87. The van der Waals surface area contributed by atoms with Gasteiger partial charge >= 0.3 is 0 Å². The van der Waals surface area contributed by atoms with E-state index in [0.29, 0.717) is 5.02 Å². The number of nitrogens with one attached hydrogen (secondary N) is 1. The molecule has 2 rings (SSSR count). The van der Waals surface area contributed by atoms with Crippen molar-refractivity contribution in [3.8, 4) is 0 Å². The summed E-state index contributed by atoms with van der Waals surface area (Å²) in [5.74, 6) is -0.0170. The molecule has 0 radical (unpaired) electrons. The van der Waals surface area contributed by atoms with Gasteiger partial charge in [0.25, 0.3) is 0 Å². The van der Waals surface area contributed by atoms with Crippen LogP contribution in [0.5, 0.6) is 0 Å². The molecule has 17 heavy (non-hydrogen) atoms. The van der Waals surface area contributed by atoms with Crippen LogP contribution in [0.2, 0.25) is 5.02 Å². The van der Waals surface area contributed by atoms with E-state index in [-0.39, 0.29) is 11.9 Å². The van der Waals surface area contributed by atoms with Gasteiger partial charge in [-0.25, -0.2) is 0 Å². The van der Waals surface area contributed by atoms with Crippen molar-refractivity contribution in [3.05, 3.63) is 28.3 Å². The Morgan fingerprint density at radius 1 is 1.47 bits per heavy atom. The van der Waals surface area contributed by atoms with Gasteiger partial charge in [-0.1, -0.05) is 24.6 Å². The second-order valence-electron chi connectivity index (χ2n) is 5.02. The lowest BCUT2D eigenvalue weighted by Crippen LogP contribution is -2.27. The van der Waals surface area contributed by atoms with Gasteiger partial charge in [0, 0.05) is 6.04 Å². The summed E-state index contributed by atoms with van der Waals surface area (Å²) >= 11 is 6.20. The molecule has 1 aromatic carbocycles. The van der Waals surface area contributed by atoms with Gasteiger partial charge in [0.05, 0.1) is 16.1 Å². The molecule has 3 N–H and O–H groups in total. The normalized spacial score (nSPS) is 18.8. The molecule has 1 aromatic rings. The molecular formula is C13H17ClN2O. The van der Waals surface area contributed by atoms with Crippen LogP contribution in [0.4, 0.5) is 5.69 Å². The molecule has 1 atom stereocenters. The predicted molar refractivity (Wildman–Crippen MR) is 70.3 cm³/mol. The van der Waals surface area contributed by atoms with E-state index in [4.69, 9.17) is 17.3 Å². The fourth-order valence-electron chi connectivity index (χ4n) is 2.09. The molecule has 0 bridgehead atoms. The number of rotatable bonds is 2. The maximum absolute atomic E-state index is 11.9. The standard InChI is InChI=1S/C13H17ClN2O/c1-4-10(15)7-5-8-11(9(14)6-7)16-12(17)13(8,2)3/h5-6,10H,4,15H2,1-3H3,(H,16,17). The average molecular weight is 253 g/mol. The lowest BCUT2D eigenvalue weighted by Gasteiger charge is -2.18. The molecule has 0 spiro atoms. The van der Waals surface area contributed by atoms with Crippen LogP contribution in [0.25, 0.3) is 0 Å². The Hall–Kier alpha value is -1.06. The number of amides is 1. The molecule has 0 fully saturated rings. The van der Waals surface area contributed by atoms with Crippen molar-refractivity contribution in [2.24, 2.45) is 5.73 Å². The van der Waals surface area contributed by atoms with Gasteiger partial charge in [-0.05, 0) is 37.5 Å². The van der Waals surface area contributed by atoms with Crippen LogP contribution in [-0.2, 0) is 10.2 Å². The molecule has 1 aliphatic rings. The van der Waals surface area contributed by atoms with E-state index < -0.39 is 5.41 Å². The van der Waals surface area contributed by atoms with Gasteiger partial charge in [0.15, 0.2) is 0 Å². The van der Waals surface area contributed by atoms with Crippen LogP contribution in [0.3, 0.4) is 0 Å². The molecular weight excluding hydrogens is 236 g/mol. The van der Waals surface area contributed by atoms with Gasteiger partial charge in [-0.15, -0.1) is 0 Å². The third-order valence-corrected chi connectivity index (χ3v) is 3.76. The molecule has 0 aromatic heterocycles. The van der Waals surface area contributed by atoms with Gasteiger partial charge in [-0.2, -0.15) is 0 Å². The van der Waals surface area contributed by atoms with Crippen molar-refractivity contribution in [1.82, 2.24) is 0 Å². The molecule has 4 heteroatoms. The molecule has 0 saturated carbocycles. The van der Waals surface area contributed by atoms with Crippen molar-refractivity contribution >= 4 is 23.2 Å². The molecule has 1 amide bonds. The average Bonchev–Trinajstić information content (AvgIpc) is 2.51. The second-order valence-corrected chi connectivity index (χ2v) is 5.43. The monoisotopic (exact) mass is 252 g/mol. The van der Waals surface area contributed by atoms with Crippen LogP contribution in [0.15, 0.2) is 12.1 Å². The minimum absolute atomic E-state index is 0.0170. The Bertz CT molecular complexity index is 483. The molecule has 0 aliphatic carbocycles. The highest BCUT2D eigenvalue weighted by Gasteiger charge is 2.39. The number of carbonyl (C=O) groups excluding carboxylic acids is 1. The Kier molecular flexibility index (Phi) is 2.92. The largest absolute Gasteiger partial charge is 0.324 e. The summed E-state index contributed by atoms with van der Waals surface area (Å²) in [4.78, 5) is 11.9. The molecule has 1 heterocycles. The summed E-state index contributed by atoms with van der Waals surface area (Å²) in [5.41, 5.74) is 8.13. The van der Waals surface area contributed by atoms with Crippen molar-refractivity contribution in [1.29, 1.82) is 0 Å². The number of nitrogens with two attached hydrogens (primary N) is 1. The summed E-state index contributed by atoms with van der Waals surface area (Å²) in [6.45, 7) is 5.82. The SMILES string of the molecule is CCC(N)c1cc(Cl)c2c(c1)C(C)(C)C(=O)N2. The fourth-order valence-corrected chi connectivity index (χ4v) is 2.36. The van der Waals surface area contributed by atoms with Crippen LogP contribution in [0, 0.1) is 0 Å². The van der Waals surface area contributed by atoms with Crippen molar-refractivity contribution < 1.29 is 4.79 Å². The van der Waals surface area contributed by atoms with E-state index in [0.717, 1.165) is 23.2 Å². The fraction of sp³-hybridized carbons (Fsp3) is 0.462. The lowest BCUT2D eigenvalue weighted by molar-refractivity contribution is -0.119. The number of carbonyl (C=O) groups is 1. The Morgan fingerprint density at radius 3 is 2.71 bits per heavy atom. The number of anilines is 1. The number of fused-ring (bicyclic) bond motifs is 1. The smallest absolute Gasteiger partial charge is 0.234 e. The minimum atomic E-state index is -0.539. The summed E-state index contributed by atoms with van der Waals surface area (Å²) < 4.78 is 0. The highest BCUT2D eigenvalue weighted by molar-refractivity contribution is 6.35. The van der Waals surface area contributed by atoms with E-state index in [2.05, 4.69) is 5.32 Å². The van der Waals surface area contributed by atoms with E-state index in [1.807, 2.05) is 32.9 Å². The molecule has 0 saturated heterocycles. The lowest BCUT2D eigenvalue weighted by atomic mass is 9.84. The van der Waals surface area contributed by atoms with E-state index >= 15 is 0 Å². The van der Waals surface area contributed by atoms with Crippen LogP contribution >= 0.6 is 11.6 Å². The maximum Gasteiger partial charge on any atom is 0.234 e. The van der Waals surface area contributed by atoms with Crippen LogP contribution in [-0.4, -0.2) is 5.91 Å². The first-order valence-electron chi connectivity index (χ1n) is 5.79. The van der Waals surface area contributed by atoms with Crippen LogP contribution in [0.1, 0.15) is 44.4 Å². The van der Waals surface area contributed by atoms with E-state index in [1.54, 1.807) is 0 Å². The number of hydrogen-bond acceptors (Lipinski definition) is 2. The van der Waals surface area contributed by atoms with Crippen molar-refractivity contribution in [2.45, 2.75) is 38.6 Å². The van der Waals surface area contributed by atoms with Crippen molar-refractivity contribution in [3.63, 3.8) is 0 Å². The predicted octanol–water partition coefficient (Wildman–Crippen LogP) is 2.98. The minimum Gasteiger partial charge on any atom is -0.324 e. The van der Waals surface area contributed by atoms with Gasteiger partial charge in [-0.3, -0.25) is 4.79 Å². The molecule has 1 aliphatic heterocycles. The zero-order valence-electron chi connectivity index (χ0n) is 10.3. The topological polar surface area (TPSA) is 55.1 Å². The van der Waals surface area contributed by atoms with Gasteiger partial charge in [0.2, 0.25) is 5.91 Å². The van der Waals surface area contributed by atoms with Gasteiger partial charge in [0.1, 0.15) is 0 Å². The zero-order chi connectivity index (χ0) is 12.8.